The molecule has 1 saturated heterocycles. The third-order valence-electron chi connectivity index (χ3n) is 3.02. The van der Waals surface area contributed by atoms with Gasteiger partial charge < -0.3 is 15.7 Å². The van der Waals surface area contributed by atoms with E-state index < -0.39 is 5.60 Å². The molecule has 14 heavy (non-hydrogen) atoms. The molecule has 0 spiro atoms. The van der Waals surface area contributed by atoms with E-state index in [4.69, 9.17) is 5.73 Å². The summed E-state index contributed by atoms with van der Waals surface area (Å²) in [5, 5.41) is 10.1. The van der Waals surface area contributed by atoms with Gasteiger partial charge >= 0.3 is 0 Å². The number of aliphatic hydroxyl groups is 1. The van der Waals surface area contributed by atoms with Crippen LogP contribution in [-0.4, -0.2) is 41.8 Å². The Morgan fingerprint density at radius 1 is 1.36 bits per heavy atom. The minimum atomic E-state index is -0.470. The molecule has 1 heterocycles. The maximum Gasteiger partial charge on any atom is 0.0684 e. The largest absolute Gasteiger partial charge is 0.390 e. The number of hydrogen-bond acceptors (Lipinski definition) is 3. The Kier molecular flexibility index (Phi) is 4.35. The molecule has 0 bridgehead atoms. The Morgan fingerprint density at radius 3 is 2.36 bits per heavy atom. The molecule has 84 valence electrons. The van der Waals surface area contributed by atoms with Gasteiger partial charge in [0.2, 0.25) is 0 Å². The average molecular weight is 200 g/mol. The Hall–Kier alpha value is -0.120. The van der Waals surface area contributed by atoms with Gasteiger partial charge in [-0.15, -0.1) is 0 Å². The summed E-state index contributed by atoms with van der Waals surface area (Å²) in [6.45, 7) is 8.27. The Morgan fingerprint density at radius 2 is 1.93 bits per heavy atom. The molecule has 0 aromatic carbocycles. The van der Waals surface area contributed by atoms with Crippen molar-refractivity contribution in [3.63, 3.8) is 0 Å². The fraction of sp³-hybridized carbons (Fsp3) is 1.00. The van der Waals surface area contributed by atoms with Crippen LogP contribution in [-0.2, 0) is 0 Å². The Balaban J connectivity index is 2.30. The van der Waals surface area contributed by atoms with Crippen molar-refractivity contribution in [1.82, 2.24) is 4.90 Å². The van der Waals surface area contributed by atoms with Crippen molar-refractivity contribution < 1.29 is 5.11 Å². The van der Waals surface area contributed by atoms with E-state index >= 15 is 0 Å². The summed E-state index contributed by atoms with van der Waals surface area (Å²) in [5.41, 5.74) is 5.02. The Labute approximate surface area is 87.3 Å². The third kappa shape index (κ3) is 3.56. The van der Waals surface area contributed by atoms with Crippen molar-refractivity contribution in [2.24, 2.45) is 11.7 Å². The van der Waals surface area contributed by atoms with Gasteiger partial charge in [0.1, 0.15) is 0 Å². The highest BCUT2D eigenvalue weighted by Gasteiger charge is 2.31. The predicted molar refractivity (Wildman–Crippen MR) is 59.1 cm³/mol. The lowest BCUT2D eigenvalue weighted by Gasteiger charge is -2.38. The van der Waals surface area contributed by atoms with Crippen molar-refractivity contribution in [1.29, 1.82) is 0 Å². The Bertz CT molecular complexity index is 163. The van der Waals surface area contributed by atoms with Gasteiger partial charge in [-0.3, -0.25) is 0 Å². The smallest absolute Gasteiger partial charge is 0.0684 e. The summed E-state index contributed by atoms with van der Waals surface area (Å²) in [4.78, 5) is 2.44. The molecule has 0 amide bonds. The minimum Gasteiger partial charge on any atom is -0.390 e. The average Bonchev–Trinajstić information content (AvgIpc) is 2.09. The van der Waals surface area contributed by atoms with Gasteiger partial charge in [0.25, 0.3) is 0 Å². The molecular weight excluding hydrogens is 176 g/mol. The second kappa shape index (κ2) is 5.10. The monoisotopic (exact) mass is 200 g/mol. The number of piperidine rings is 1. The molecule has 3 heteroatoms. The van der Waals surface area contributed by atoms with Crippen LogP contribution in [0.1, 0.15) is 33.1 Å². The molecule has 0 aliphatic carbocycles. The molecule has 3 nitrogen and oxygen atoms in total. The van der Waals surface area contributed by atoms with Crippen molar-refractivity contribution in [3.05, 3.63) is 0 Å². The van der Waals surface area contributed by atoms with E-state index in [1.165, 1.54) is 0 Å². The maximum absolute atomic E-state index is 10.1. The van der Waals surface area contributed by atoms with Crippen LogP contribution in [0.2, 0.25) is 0 Å². The van der Waals surface area contributed by atoms with Crippen molar-refractivity contribution >= 4 is 0 Å². The fourth-order valence-corrected chi connectivity index (χ4v) is 2.19. The second-order valence-corrected chi connectivity index (χ2v) is 4.96. The molecule has 1 fully saturated rings. The SMILES string of the molecule is CC(C)CN1CCC(O)(CCN)CC1. The lowest BCUT2D eigenvalue weighted by atomic mass is 9.88. The van der Waals surface area contributed by atoms with Crippen LogP contribution in [0.3, 0.4) is 0 Å². The maximum atomic E-state index is 10.1. The van der Waals surface area contributed by atoms with Crippen LogP contribution in [0, 0.1) is 5.92 Å². The van der Waals surface area contributed by atoms with Gasteiger partial charge in [0, 0.05) is 19.6 Å². The summed E-state index contributed by atoms with van der Waals surface area (Å²) < 4.78 is 0. The normalized spacial score (nSPS) is 22.9. The van der Waals surface area contributed by atoms with Gasteiger partial charge in [-0.2, -0.15) is 0 Å². The zero-order chi connectivity index (χ0) is 10.6. The van der Waals surface area contributed by atoms with E-state index in [1.54, 1.807) is 0 Å². The van der Waals surface area contributed by atoms with Gasteiger partial charge in [-0.1, -0.05) is 13.8 Å². The van der Waals surface area contributed by atoms with Gasteiger partial charge in [0.15, 0.2) is 0 Å². The lowest BCUT2D eigenvalue weighted by Crippen LogP contribution is -2.46. The first kappa shape index (κ1) is 12.0. The van der Waals surface area contributed by atoms with Crippen molar-refractivity contribution in [2.45, 2.75) is 38.7 Å². The first-order valence-corrected chi connectivity index (χ1v) is 5.70. The number of nitrogens with two attached hydrogens (primary N) is 1. The van der Waals surface area contributed by atoms with E-state index in [2.05, 4.69) is 18.7 Å². The molecule has 0 atom stereocenters. The first-order valence-electron chi connectivity index (χ1n) is 5.70. The highest BCUT2D eigenvalue weighted by Crippen LogP contribution is 2.25. The topological polar surface area (TPSA) is 49.5 Å². The number of likely N-dealkylation sites (tertiary alicyclic amines) is 1. The van der Waals surface area contributed by atoms with E-state index in [1.807, 2.05) is 0 Å². The number of hydrogen-bond donors (Lipinski definition) is 2. The first-order chi connectivity index (χ1) is 6.56. The van der Waals surface area contributed by atoms with Crippen LogP contribution in [0.25, 0.3) is 0 Å². The van der Waals surface area contributed by atoms with Crippen molar-refractivity contribution in [3.8, 4) is 0 Å². The molecule has 0 radical (unpaired) electrons. The lowest BCUT2D eigenvalue weighted by molar-refractivity contribution is -0.0275. The van der Waals surface area contributed by atoms with Gasteiger partial charge in [-0.25, -0.2) is 0 Å². The van der Waals surface area contributed by atoms with E-state index in [9.17, 15) is 5.11 Å². The standard InChI is InChI=1S/C11H24N2O/c1-10(2)9-13-7-4-11(14,3-6-12)5-8-13/h10,14H,3-9,12H2,1-2H3. The molecule has 1 rings (SSSR count). The van der Waals surface area contributed by atoms with Crippen LogP contribution in [0.15, 0.2) is 0 Å². The summed E-state index contributed by atoms with van der Waals surface area (Å²) >= 11 is 0. The van der Waals surface area contributed by atoms with Gasteiger partial charge in [0.05, 0.1) is 5.60 Å². The molecular formula is C11H24N2O. The molecule has 3 N–H and O–H groups in total. The number of rotatable bonds is 4. The summed E-state index contributed by atoms with van der Waals surface area (Å²) in [7, 11) is 0. The fourth-order valence-electron chi connectivity index (χ4n) is 2.19. The zero-order valence-electron chi connectivity index (χ0n) is 9.50. The van der Waals surface area contributed by atoms with E-state index in [0.717, 1.165) is 44.8 Å². The molecule has 0 saturated carbocycles. The summed E-state index contributed by atoms with van der Waals surface area (Å²) in [5.74, 6) is 0.718. The molecule has 1 aliphatic rings. The van der Waals surface area contributed by atoms with Crippen LogP contribution in [0.4, 0.5) is 0 Å². The second-order valence-electron chi connectivity index (χ2n) is 4.96. The van der Waals surface area contributed by atoms with E-state index in [-0.39, 0.29) is 0 Å². The summed E-state index contributed by atoms with van der Waals surface area (Å²) in [6.07, 6.45) is 2.52. The quantitative estimate of drug-likeness (QED) is 0.706. The minimum absolute atomic E-state index is 0.470. The molecule has 0 aromatic heterocycles. The summed E-state index contributed by atoms with van der Waals surface area (Å²) in [6, 6.07) is 0. The van der Waals surface area contributed by atoms with Gasteiger partial charge in [-0.05, 0) is 31.7 Å². The zero-order valence-corrected chi connectivity index (χ0v) is 9.50. The highest BCUT2D eigenvalue weighted by molar-refractivity contribution is 4.86. The highest BCUT2D eigenvalue weighted by atomic mass is 16.3. The van der Waals surface area contributed by atoms with E-state index in [0.29, 0.717) is 6.54 Å². The van der Waals surface area contributed by atoms with Crippen molar-refractivity contribution in [2.75, 3.05) is 26.2 Å². The molecule has 1 aliphatic heterocycles. The molecule has 0 aromatic rings. The van der Waals surface area contributed by atoms with Crippen LogP contribution < -0.4 is 5.73 Å². The third-order valence-corrected chi connectivity index (χ3v) is 3.02. The number of nitrogens with zero attached hydrogens (tertiary/aromatic N) is 1. The van der Waals surface area contributed by atoms with Crippen LogP contribution >= 0.6 is 0 Å². The van der Waals surface area contributed by atoms with Crippen LogP contribution in [0.5, 0.6) is 0 Å². The predicted octanol–water partition coefficient (Wildman–Crippen LogP) is 0.818. The molecule has 0 unspecified atom stereocenters.